The number of unbranched alkanes of at least 4 members (excludes halogenated alkanes) is 3. The number of aromatic nitrogens is 4. The largest absolute Gasteiger partial charge is 0.478 e. The smallest absolute Gasteiger partial charge is 0.337 e. The lowest BCUT2D eigenvalue weighted by Gasteiger charge is -2.08. The van der Waals surface area contributed by atoms with Gasteiger partial charge in [-0.15, -0.1) is 0 Å². The maximum absolute atomic E-state index is 11.5. The molecule has 0 aliphatic rings. The van der Waals surface area contributed by atoms with E-state index in [0.717, 1.165) is 54.9 Å². The summed E-state index contributed by atoms with van der Waals surface area (Å²) in [7, 11) is 0. The molecule has 2 aromatic heterocycles. The average Bonchev–Trinajstić information content (AvgIpc) is 3.14. The molecule has 0 aliphatic carbocycles. The number of carbonyl (C=O) groups is 1. The predicted molar refractivity (Wildman–Crippen MR) is 118 cm³/mol. The minimum absolute atomic E-state index is 0.209. The van der Waals surface area contributed by atoms with Gasteiger partial charge in [0.1, 0.15) is 5.82 Å². The van der Waals surface area contributed by atoms with Gasteiger partial charge in [0.2, 0.25) is 0 Å². The van der Waals surface area contributed by atoms with Crippen molar-refractivity contribution in [2.24, 2.45) is 0 Å². The number of pyridine rings is 1. The molecular weight excluding hydrogens is 376 g/mol. The Balaban J connectivity index is 1.79. The summed E-state index contributed by atoms with van der Waals surface area (Å²) in [6, 6.07) is 11.1. The number of benzene rings is 1. The van der Waals surface area contributed by atoms with Crippen LogP contribution in [0.1, 0.15) is 73.5 Å². The Hall–Kier alpha value is -3.02. The zero-order chi connectivity index (χ0) is 21.3. The molecule has 1 aromatic carbocycles. The van der Waals surface area contributed by atoms with Crippen LogP contribution in [0.4, 0.5) is 0 Å². The van der Waals surface area contributed by atoms with Gasteiger partial charge >= 0.3 is 5.97 Å². The Morgan fingerprint density at radius 3 is 2.47 bits per heavy atom. The molecule has 1 N–H and O–H groups in total. The van der Waals surface area contributed by atoms with E-state index in [1.165, 1.54) is 12.8 Å². The van der Waals surface area contributed by atoms with Crippen molar-refractivity contribution in [3.63, 3.8) is 0 Å². The van der Waals surface area contributed by atoms with Crippen LogP contribution in [0.15, 0.2) is 42.6 Å². The number of hydrogen-bond acceptors (Lipinski definition) is 4. The summed E-state index contributed by atoms with van der Waals surface area (Å²) in [5.74, 6) is 1.01. The molecule has 0 radical (unpaired) electrons. The second-order valence-electron chi connectivity index (χ2n) is 7.56. The molecule has 6 nitrogen and oxygen atoms in total. The SMILES string of the molecule is CCCCCc1nc(CCCC)nn1Cc1ccc(-c2ncccc2C(=O)O)cc1. The molecule has 3 rings (SSSR count). The fourth-order valence-electron chi connectivity index (χ4n) is 3.46. The van der Waals surface area contributed by atoms with Gasteiger partial charge in [-0.3, -0.25) is 4.98 Å². The number of carboxylic acids is 1. The molecule has 158 valence electrons. The summed E-state index contributed by atoms with van der Waals surface area (Å²) in [4.78, 5) is 20.5. The van der Waals surface area contributed by atoms with Gasteiger partial charge in [-0.05, 0) is 30.5 Å². The van der Waals surface area contributed by atoms with E-state index in [1.807, 2.05) is 28.9 Å². The quantitative estimate of drug-likeness (QED) is 0.445. The van der Waals surface area contributed by atoms with Gasteiger partial charge in [-0.2, -0.15) is 5.10 Å². The second-order valence-corrected chi connectivity index (χ2v) is 7.56. The van der Waals surface area contributed by atoms with Crippen molar-refractivity contribution in [1.29, 1.82) is 0 Å². The Kier molecular flexibility index (Phi) is 7.71. The summed E-state index contributed by atoms with van der Waals surface area (Å²) in [5.41, 5.74) is 2.59. The molecule has 0 saturated carbocycles. The third-order valence-electron chi connectivity index (χ3n) is 5.15. The van der Waals surface area contributed by atoms with E-state index in [-0.39, 0.29) is 5.56 Å². The Morgan fingerprint density at radius 1 is 1.00 bits per heavy atom. The third-order valence-corrected chi connectivity index (χ3v) is 5.15. The third kappa shape index (κ3) is 5.53. The highest BCUT2D eigenvalue weighted by Gasteiger charge is 2.13. The monoisotopic (exact) mass is 406 g/mol. The van der Waals surface area contributed by atoms with Gasteiger partial charge in [0.25, 0.3) is 0 Å². The molecule has 0 spiro atoms. The van der Waals surface area contributed by atoms with E-state index in [9.17, 15) is 9.90 Å². The van der Waals surface area contributed by atoms with E-state index < -0.39 is 5.97 Å². The zero-order valence-corrected chi connectivity index (χ0v) is 17.8. The molecular formula is C24H30N4O2. The van der Waals surface area contributed by atoms with Crippen LogP contribution in [-0.2, 0) is 19.4 Å². The number of hydrogen-bond donors (Lipinski definition) is 1. The second kappa shape index (κ2) is 10.7. The van der Waals surface area contributed by atoms with Crippen molar-refractivity contribution in [3.05, 3.63) is 65.4 Å². The van der Waals surface area contributed by atoms with Gasteiger partial charge in [-0.1, -0.05) is 57.4 Å². The minimum atomic E-state index is -0.971. The van der Waals surface area contributed by atoms with Crippen molar-refractivity contribution in [2.75, 3.05) is 0 Å². The van der Waals surface area contributed by atoms with Crippen LogP contribution in [0.25, 0.3) is 11.3 Å². The van der Waals surface area contributed by atoms with Crippen LogP contribution in [0, 0.1) is 0 Å². The topological polar surface area (TPSA) is 80.9 Å². The summed E-state index contributed by atoms with van der Waals surface area (Å²) < 4.78 is 2.03. The lowest BCUT2D eigenvalue weighted by Crippen LogP contribution is -2.07. The fraction of sp³-hybridized carbons (Fsp3) is 0.417. The van der Waals surface area contributed by atoms with Crippen molar-refractivity contribution < 1.29 is 9.90 Å². The van der Waals surface area contributed by atoms with E-state index in [4.69, 9.17) is 10.1 Å². The average molecular weight is 407 g/mol. The zero-order valence-electron chi connectivity index (χ0n) is 17.8. The molecule has 0 saturated heterocycles. The van der Waals surface area contributed by atoms with Gasteiger partial charge in [0.05, 0.1) is 17.8 Å². The first-order valence-electron chi connectivity index (χ1n) is 10.8. The molecule has 6 heteroatoms. The molecule has 0 fully saturated rings. The fourth-order valence-corrected chi connectivity index (χ4v) is 3.46. The van der Waals surface area contributed by atoms with E-state index >= 15 is 0 Å². The van der Waals surface area contributed by atoms with Gasteiger partial charge in [0.15, 0.2) is 5.82 Å². The Labute approximate surface area is 178 Å². The molecule has 0 unspecified atom stereocenters. The van der Waals surface area contributed by atoms with Crippen LogP contribution in [-0.4, -0.2) is 30.8 Å². The minimum Gasteiger partial charge on any atom is -0.478 e. The van der Waals surface area contributed by atoms with Crippen LogP contribution >= 0.6 is 0 Å². The van der Waals surface area contributed by atoms with Crippen LogP contribution in [0.2, 0.25) is 0 Å². The first-order valence-corrected chi connectivity index (χ1v) is 10.8. The Bertz CT molecular complexity index is 964. The predicted octanol–water partition coefficient (Wildman–Crippen LogP) is 5.16. The molecule has 0 aliphatic heterocycles. The van der Waals surface area contributed by atoms with Crippen LogP contribution in [0.3, 0.4) is 0 Å². The molecule has 0 amide bonds. The first kappa shape index (κ1) is 21.7. The standard InChI is InChI=1S/C24H30N4O2/c1-3-5-7-11-22-26-21(10-6-4-2)27-28(22)17-18-12-14-19(15-13-18)23-20(24(29)30)9-8-16-25-23/h8-9,12-16H,3-7,10-11,17H2,1-2H3,(H,29,30). The summed E-state index contributed by atoms with van der Waals surface area (Å²) in [6.45, 7) is 5.04. The number of carboxylic acid groups (broad SMARTS) is 1. The summed E-state index contributed by atoms with van der Waals surface area (Å²) >= 11 is 0. The summed E-state index contributed by atoms with van der Waals surface area (Å²) in [5, 5.41) is 14.2. The lowest BCUT2D eigenvalue weighted by molar-refractivity contribution is 0.0697. The number of rotatable bonds is 11. The van der Waals surface area contributed by atoms with Crippen molar-refractivity contribution in [1.82, 2.24) is 19.7 Å². The number of nitrogens with zero attached hydrogens (tertiary/aromatic N) is 4. The van der Waals surface area contributed by atoms with E-state index in [2.05, 4.69) is 18.8 Å². The van der Waals surface area contributed by atoms with E-state index in [0.29, 0.717) is 12.2 Å². The van der Waals surface area contributed by atoms with Crippen molar-refractivity contribution in [2.45, 2.75) is 65.3 Å². The highest BCUT2D eigenvalue weighted by Crippen LogP contribution is 2.22. The number of aromatic carboxylic acids is 1. The van der Waals surface area contributed by atoms with Gasteiger partial charge in [0, 0.05) is 24.6 Å². The molecule has 0 bridgehead atoms. The van der Waals surface area contributed by atoms with Crippen molar-refractivity contribution in [3.8, 4) is 11.3 Å². The lowest BCUT2D eigenvalue weighted by atomic mass is 10.0. The maximum atomic E-state index is 11.5. The van der Waals surface area contributed by atoms with Crippen molar-refractivity contribution >= 4 is 5.97 Å². The maximum Gasteiger partial charge on any atom is 0.337 e. The number of aryl methyl sites for hydroxylation is 2. The van der Waals surface area contributed by atoms with Crippen LogP contribution in [0.5, 0.6) is 0 Å². The molecule has 30 heavy (non-hydrogen) atoms. The molecule has 2 heterocycles. The molecule has 3 aromatic rings. The highest BCUT2D eigenvalue weighted by molar-refractivity contribution is 5.94. The van der Waals surface area contributed by atoms with Crippen LogP contribution < -0.4 is 0 Å². The Morgan fingerprint density at radius 2 is 1.77 bits per heavy atom. The normalized spacial score (nSPS) is 11.0. The first-order chi connectivity index (χ1) is 14.6. The highest BCUT2D eigenvalue weighted by atomic mass is 16.4. The van der Waals surface area contributed by atoms with E-state index in [1.54, 1.807) is 18.3 Å². The van der Waals surface area contributed by atoms with Gasteiger partial charge < -0.3 is 5.11 Å². The van der Waals surface area contributed by atoms with Gasteiger partial charge in [-0.25, -0.2) is 14.5 Å². The summed E-state index contributed by atoms with van der Waals surface area (Å²) in [6.07, 6.45) is 9.22. The molecule has 0 atom stereocenters.